The van der Waals surface area contributed by atoms with Gasteiger partial charge in [0.1, 0.15) is 0 Å². The molecule has 0 saturated heterocycles. The molecule has 0 aliphatic heterocycles. The van der Waals surface area contributed by atoms with Crippen molar-refractivity contribution < 1.29 is 0 Å². The molecule has 0 radical (unpaired) electrons. The van der Waals surface area contributed by atoms with Gasteiger partial charge in [-0.2, -0.15) is 0 Å². The van der Waals surface area contributed by atoms with Crippen molar-refractivity contribution in [2.45, 2.75) is 0 Å². The lowest BCUT2D eigenvalue weighted by Gasteiger charge is -2.18. The van der Waals surface area contributed by atoms with Crippen molar-refractivity contribution in [1.82, 2.24) is 0 Å². The second-order valence-electron chi connectivity index (χ2n) is 13.2. The largest absolute Gasteiger partial charge is 0.135 e. The zero-order chi connectivity index (χ0) is 32.8. The molecule has 0 bridgehead atoms. The lowest BCUT2D eigenvalue weighted by Crippen LogP contribution is -1.91. The fourth-order valence-corrected chi connectivity index (χ4v) is 10.5. The predicted molar refractivity (Wildman–Crippen MR) is 221 cm³/mol. The molecule has 9 aromatic carbocycles. The zero-order valence-corrected chi connectivity index (χ0v) is 28.6. The van der Waals surface area contributed by atoms with E-state index < -0.39 is 0 Å². The second-order valence-corrected chi connectivity index (χ2v) is 15.4. The summed E-state index contributed by atoms with van der Waals surface area (Å²) in [5.41, 5.74) is 7.57. The normalized spacial score (nSPS) is 12.0. The Hall–Kier alpha value is -5.80. The summed E-state index contributed by atoms with van der Waals surface area (Å²) in [6.07, 6.45) is 0. The maximum Gasteiger partial charge on any atom is 0.0362 e. The van der Waals surface area contributed by atoms with Crippen LogP contribution in [-0.2, 0) is 0 Å². The highest BCUT2D eigenvalue weighted by atomic mass is 32.1. The quantitative estimate of drug-likeness (QED) is 0.164. The number of rotatable bonds is 3. The molecule has 2 heterocycles. The summed E-state index contributed by atoms with van der Waals surface area (Å²) in [6.45, 7) is 0. The van der Waals surface area contributed by atoms with E-state index >= 15 is 0 Å². The number of hydrogen-bond acceptors (Lipinski definition) is 2. The first kappa shape index (κ1) is 28.1. The molecular weight excluding hydrogens is 641 g/mol. The maximum absolute atomic E-state index is 2.44. The number of thiophene rings is 2. The molecule has 0 saturated carbocycles. The van der Waals surface area contributed by atoms with Gasteiger partial charge in [0.15, 0.2) is 0 Å². The van der Waals surface area contributed by atoms with E-state index in [2.05, 4.69) is 170 Å². The smallest absolute Gasteiger partial charge is 0.0362 e. The van der Waals surface area contributed by atoms with Crippen molar-refractivity contribution in [3.8, 4) is 33.4 Å². The minimum Gasteiger partial charge on any atom is -0.135 e. The molecule has 11 rings (SSSR count). The van der Waals surface area contributed by atoms with Crippen molar-refractivity contribution in [2.24, 2.45) is 0 Å². The first-order valence-corrected chi connectivity index (χ1v) is 18.7. The summed E-state index contributed by atoms with van der Waals surface area (Å²) < 4.78 is 5.40. The standard InChI is InChI=1S/C48H28S2/c1-2-12-30(13-3-1)46-36-17-6-8-19-38(36)47(39-20-9-7-18-37(39)46)33-15-10-14-31(25-33)32-21-23-35-40-27-45-41(28-44(40)50-43(35)26-32)48-34-16-5-4-11-29(34)22-24-42(48)49-45/h1-28H. The van der Waals surface area contributed by atoms with E-state index in [0.717, 1.165) is 0 Å². The minimum atomic E-state index is 1.24. The van der Waals surface area contributed by atoms with Crippen LogP contribution in [0.5, 0.6) is 0 Å². The van der Waals surface area contributed by atoms with E-state index in [1.807, 2.05) is 22.7 Å². The maximum atomic E-state index is 2.44. The Labute approximate surface area is 297 Å². The SMILES string of the molecule is c1ccc(-c2c3ccccc3c(-c3cccc(-c4ccc5c(c4)sc4cc6c(cc45)sc4ccc5ccccc5c46)c3)c3ccccc23)cc1. The summed E-state index contributed by atoms with van der Waals surface area (Å²) in [5, 5.41) is 13.2. The summed E-state index contributed by atoms with van der Waals surface area (Å²) in [6, 6.07) is 63.0. The lowest BCUT2D eigenvalue weighted by atomic mass is 9.85. The van der Waals surface area contributed by atoms with E-state index in [0.29, 0.717) is 0 Å². The van der Waals surface area contributed by atoms with Crippen molar-refractivity contribution in [3.05, 3.63) is 170 Å². The van der Waals surface area contributed by atoms with E-state index in [1.54, 1.807) is 0 Å². The molecule has 0 atom stereocenters. The van der Waals surface area contributed by atoms with Gasteiger partial charge < -0.3 is 0 Å². The van der Waals surface area contributed by atoms with E-state index in [4.69, 9.17) is 0 Å². The van der Waals surface area contributed by atoms with Crippen LogP contribution in [0.25, 0.3) is 106 Å². The predicted octanol–water partition coefficient (Wildman–Crippen LogP) is 14.9. The van der Waals surface area contributed by atoms with Crippen LogP contribution in [-0.4, -0.2) is 0 Å². The van der Waals surface area contributed by atoms with Gasteiger partial charge in [-0.05, 0) is 96.0 Å². The molecule has 0 aliphatic rings. The van der Waals surface area contributed by atoms with Gasteiger partial charge in [-0.3, -0.25) is 0 Å². The Bertz CT molecular complexity index is 3080. The molecule has 2 heteroatoms. The number of benzene rings is 9. The molecular formula is C48H28S2. The third-order valence-corrected chi connectivity index (χ3v) is 12.7. The summed E-state index contributed by atoms with van der Waals surface area (Å²) in [4.78, 5) is 0. The average molecular weight is 669 g/mol. The molecule has 0 fully saturated rings. The molecule has 0 unspecified atom stereocenters. The van der Waals surface area contributed by atoms with Crippen LogP contribution in [0.4, 0.5) is 0 Å². The third-order valence-electron chi connectivity index (χ3n) is 10.4. The lowest BCUT2D eigenvalue weighted by molar-refractivity contribution is 1.63. The Morgan fingerprint density at radius 1 is 0.260 bits per heavy atom. The van der Waals surface area contributed by atoms with E-state index in [9.17, 15) is 0 Å². The van der Waals surface area contributed by atoms with Crippen LogP contribution < -0.4 is 0 Å². The molecule has 50 heavy (non-hydrogen) atoms. The highest BCUT2D eigenvalue weighted by Crippen LogP contribution is 2.46. The molecule has 232 valence electrons. The van der Waals surface area contributed by atoms with Crippen LogP contribution in [0.1, 0.15) is 0 Å². The summed E-state index contributed by atoms with van der Waals surface area (Å²) in [5.74, 6) is 0. The molecule has 2 aromatic heterocycles. The highest BCUT2D eigenvalue weighted by molar-refractivity contribution is 7.27. The molecule has 0 amide bonds. The Morgan fingerprint density at radius 3 is 1.56 bits per heavy atom. The minimum absolute atomic E-state index is 1.24. The Kier molecular flexibility index (Phi) is 6.09. The first-order valence-electron chi connectivity index (χ1n) is 17.1. The van der Waals surface area contributed by atoms with Gasteiger partial charge in [0.25, 0.3) is 0 Å². The van der Waals surface area contributed by atoms with Crippen molar-refractivity contribution in [2.75, 3.05) is 0 Å². The summed E-state index contributed by atoms with van der Waals surface area (Å²) >= 11 is 3.82. The fraction of sp³-hybridized carbons (Fsp3) is 0. The molecule has 0 nitrogen and oxygen atoms in total. The van der Waals surface area contributed by atoms with Crippen LogP contribution in [0, 0.1) is 0 Å². The van der Waals surface area contributed by atoms with E-state index in [1.165, 1.54) is 106 Å². The van der Waals surface area contributed by atoms with Gasteiger partial charge in [-0.15, -0.1) is 22.7 Å². The van der Waals surface area contributed by atoms with Crippen molar-refractivity contribution in [1.29, 1.82) is 0 Å². The summed E-state index contributed by atoms with van der Waals surface area (Å²) in [7, 11) is 0. The molecule has 0 spiro atoms. The molecule has 0 aliphatic carbocycles. The Morgan fingerprint density at radius 2 is 0.800 bits per heavy atom. The van der Waals surface area contributed by atoms with Gasteiger partial charge in [0.05, 0.1) is 0 Å². The average Bonchev–Trinajstić information content (AvgIpc) is 3.73. The van der Waals surface area contributed by atoms with Crippen molar-refractivity contribution >= 4 is 95.3 Å². The molecule has 0 N–H and O–H groups in total. The van der Waals surface area contributed by atoms with Crippen LogP contribution in [0.2, 0.25) is 0 Å². The number of fused-ring (bicyclic) bond motifs is 10. The van der Waals surface area contributed by atoms with Crippen molar-refractivity contribution in [3.63, 3.8) is 0 Å². The molecule has 11 aromatic rings. The second kappa shape index (κ2) is 10.9. The van der Waals surface area contributed by atoms with Gasteiger partial charge in [0.2, 0.25) is 0 Å². The third kappa shape index (κ3) is 4.16. The van der Waals surface area contributed by atoms with Gasteiger partial charge in [-0.25, -0.2) is 0 Å². The first-order chi connectivity index (χ1) is 24.8. The van der Waals surface area contributed by atoms with Crippen LogP contribution in [0.15, 0.2) is 170 Å². The van der Waals surface area contributed by atoms with Gasteiger partial charge in [0, 0.05) is 40.3 Å². The topological polar surface area (TPSA) is 0 Å². The highest BCUT2D eigenvalue weighted by Gasteiger charge is 2.18. The van der Waals surface area contributed by atoms with Gasteiger partial charge in [-0.1, -0.05) is 140 Å². The fourth-order valence-electron chi connectivity index (χ4n) is 8.20. The van der Waals surface area contributed by atoms with E-state index in [-0.39, 0.29) is 0 Å². The Balaban J connectivity index is 1.08. The zero-order valence-electron chi connectivity index (χ0n) is 27.0. The van der Waals surface area contributed by atoms with Crippen LogP contribution in [0.3, 0.4) is 0 Å². The van der Waals surface area contributed by atoms with Gasteiger partial charge >= 0.3 is 0 Å². The monoisotopic (exact) mass is 668 g/mol. The number of hydrogen-bond donors (Lipinski definition) is 0. The van der Waals surface area contributed by atoms with Crippen LogP contribution >= 0.6 is 22.7 Å².